The molecule has 0 spiro atoms. The Morgan fingerprint density at radius 1 is 1.08 bits per heavy atom. The molecule has 0 radical (unpaired) electrons. The van der Waals surface area contributed by atoms with Crippen LogP contribution in [0.3, 0.4) is 0 Å². The second kappa shape index (κ2) is 7.97. The predicted octanol–water partition coefficient (Wildman–Crippen LogP) is 1.33. The van der Waals surface area contributed by atoms with Crippen molar-refractivity contribution < 1.29 is 13.5 Å². The van der Waals surface area contributed by atoms with E-state index in [1.54, 1.807) is 33.8 Å². The lowest BCUT2D eigenvalue weighted by molar-refractivity contribution is 0.143. The molecule has 6 nitrogen and oxygen atoms in total. The maximum atomic E-state index is 12.6. The highest BCUT2D eigenvalue weighted by atomic mass is 32.2. The molecule has 2 saturated heterocycles. The number of piperazine rings is 1. The van der Waals surface area contributed by atoms with Crippen LogP contribution in [0.5, 0.6) is 0 Å². The molecule has 0 bridgehead atoms. The summed E-state index contributed by atoms with van der Waals surface area (Å²) >= 11 is 1.63. The van der Waals surface area contributed by atoms with E-state index in [4.69, 9.17) is 0 Å². The van der Waals surface area contributed by atoms with Gasteiger partial charge >= 0.3 is 0 Å². The van der Waals surface area contributed by atoms with E-state index in [9.17, 15) is 13.5 Å². The van der Waals surface area contributed by atoms with E-state index in [0.717, 1.165) is 37.4 Å². The summed E-state index contributed by atoms with van der Waals surface area (Å²) < 4.78 is 28.5. The van der Waals surface area contributed by atoms with E-state index >= 15 is 0 Å². The summed E-state index contributed by atoms with van der Waals surface area (Å²) in [4.78, 5) is 4.44. The summed E-state index contributed by atoms with van der Waals surface area (Å²) in [6, 6.07) is 4.04. The zero-order valence-corrected chi connectivity index (χ0v) is 17.1. The first-order valence-corrected chi connectivity index (χ1v) is 11.3. The standard InChI is InChI=1S/C18H27N3O3S2/c1-18(2,22)8-7-16-5-6-17(25-16)15-19-11-13-21(14-12-19)26(23,24)20-9-3-4-10-20/h5-6,22H,3-4,9-15H2,1-2H3. The Morgan fingerprint density at radius 3 is 2.31 bits per heavy atom. The molecule has 1 aromatic rings. The highest BCUT2D eigenvalue weighted by Gasteiger charge is 2.33. The SMILES string of the molecule is CC(C)(O)C#Cc1ccc(CN2CCN(S(=O)(=O)N3CCCC3)CC2)s1. The summed E-state index contributed by atoms with van der Waals surface area (Å²) in [5.74, 6) is 5.84. The first-order chi connectivity index (χ1) is 12.2. The molecular weight excluding hydrogens is 370 g/mol. The first-order valence-electron chi connectivity index (χ1n) is 9.06. The topological polar surface area (TPSA) is 64.1 Å². The molecule has 0 aliphatic carbocycles. The lowest BCUT2D eigenvalue weighted by Crippen LogP contribution is -2.52. The van der Waals surface area contributed by atoms with Crippen LogP contribution in [0.15, 0.2) is 12.1 Å². The molecule has 144 valence electrons. The van der Waals surface area contributed by atoms with Crippen molar-refractivity contribution in [3.63, 3.8) is 0 Å². The number of hydrogen-bond acceptors (Lipinski definition) is 5. The minimum atomic E-state index is -3.27. The third-order valence-electron chi connectivity index (χ3n) is 4.58. The van der Waals surface area contributed by atoms with Crippen molar-refractivity contribution in [3.05, 3.63) is 21.9 Å². The Bertz CT molecular complexity index is 773. The van der Waals surface area contributed by atoms with E-state index in [1.807, 2.05) is 6.07 Å². The average molecular weight is 398 g/mol. The van der Waals surface area contributed by atoms with Crippen molar-refractivity contribution in [1.29, 1.82) is 0 Å². The largest absolute Gasteiger partial charge is 0.378 e. The molecule has 3 rings (SSSR count). The van der Waals surface area contributed by atoms with E-state index < -0.39 is 15.8 Å². The monoisotopic (exact) mass is 397 g/mol. The van der Waals surface area contributed by atoms with Crippen molar-refractivity contribution in [1.82, 2.24) is 13.5 Å². The van der Waals surface area contributed by atoms with Crippen molar-refractivity contribution in [3.8, 4) is 11.8 Å². The van der Waals surface area contributed by atoms with Gasteiger partial charge in [-0.1, -0.05) is 11.8 Å². The fraction of sp³-hybridized carbons (Fsp3) is 0.667. The zero-order valence-electron chi connectivity index (χ0n) is 15.4. The van der Waals surface area contributed by atoms with Gasteiger partial charge in [0.2, 0.25) is 0 Å². The Labute approximate surface area is 160 Å². The lowest BCUT2D eigenvalue weighted by atomic mass is 10.1. The van der Waals surface area contributed by atoms with Gasteiger partial charge in [-0.15, -0.1) is 11.3 Å². The van der Waals surface area contributed by atoms with Gasteiger partial charge in [-0.2, -0.15) is 17.0 Å². The van der Waals surface area contributed by atoms with Gasteiger partial charge in [0.1, 0.15) is 5.60 Å². The van der Waals surface area contributed by atoms with E-state index in [2.05, 4.69) is 22.8 Å². The molecule has 0 saturated carbocycles. The highest BCUT2D eigenvalue weighted by Crippen LogP contribution is 2.21. The van der Waals surface area contributed by atoms with Crippen LogP contribution in [0.4, 0.5) is 0 Å². The van der Waals surface area contributed by atoms with Crippen molar-refractivity contribution >= 4 is 21.5 Å². The van der Waals surface area contributed by atoms with Gasteiger partial charge in [0.25, 0.3) is 10.2 Å². The zero-order chi connectivity index (χ0) is 18.8. The van der Waals surface area contributed by atoms with Gasteiger partial charge in [0.05, 0.1) is 4.88 Å². The summed E-state index contributed by atoms with van der Waals surface area (Å²) in [5, 5.41) is 9.68. The maximum absolute atomic E-state index is 12.6. The van der Waals surface area contributed by atoms with Crippen molar-refractivity contribution in [2.75, 3.05) is 39.3 Å². The molecule has 0 atom stereocenters. The third kappa shape index (κ3) is 5.06. The molecule has 26 heavy (non-hydrogen) atoms. The molecule has 0 aromatic carbocycles. The summed E-state index contributed by atoms with van der Waals surface area (Å²) in [6.07, 6.45) is 1.94. The van der Waals surface area contributed by atoms with Gasteiger partial charge in [-0.25, -0.2) is 0 Å². The van der Waals surface area contributed by atoms with Gasteiger partial charge in [-0.05, 0) is 38.8 Å². The number of nitrogens with zero attached hydrogens (tertiary/aromatic N) is 3. The van der Waals surface area contributed by atoms with Crippen LogP contribution in [0.25, 0.3) is 0 Å². The predicted molar refractivity (Wildman–Crippen MR) is 104 cm³/mol. The van der Waals surface area contributed by atoms with Crippen LogP contribution >= 0.6 is 11.3 Å². The number of thiophene rings is 1. The molecule has 0 unspecified atom stereocenters. The summed E-state index contributed by atoms with van der Waals surface area (Å²) in [5.41, 5.74) is -0.985. The Morgan fingerprint density at radius 2 is 1.69 bits per heavy atom. The Hall–Kier alpha value is -0.950. The second-order valence-corrected chi connectivity index (χ2v) is 10.5. The fourth-order valence-corrected chi connectivity index (χ4v) is 5.74. The highest BCUT2D eigenvalue weighted by molar-refractivity contribution is 7.86. The lowest BCUT2D eigenvalue weighted by Gasteiger charge is -2.35. The number of rotatable bonds is 4. The minimum Gasteiger partial charge on any atom is -0.378 e. The molecule has 2 aliphatic heterocycles. The molecule has 1 N–H and O–H groups in total. The Balaban J connectivity index is 1.53. The Kier molecular flexibility index (Phi) is 6.07. The normalized spacial score (nSPS) is 20.9. The van der Waals surface area contributed by atoms with Gasteiger partial charge in [-0.3, -0.25) is 4.90 Å². The van der Waals surface area contributed by atoms with Crippen LogP contribution < -0.4 is 0 Å². The van der Waals surface area contributed by atoms with Crippen molar-refractivity contribution in [2.45, 2.75) is 38.8 Å². The third-order valence-corrected chi connectivity index (χ3v) is 7.60. The quantitative estimate of drug-likeness (QED) is 0.779. The van der Waals surface area contributed by atoms with E-state index in [0.29, 0.717) is 26.2 Å². The van der Waals surface area contributed by atoms with Crippen LogP contribution in [-0.4, -0.2) is 71.9 Å². The van der Waals surface area contributed by atoms with Gasteiger partial charge < -0.3 is 5.11 Å². The number of hydrogen-bond donors (Lipinski definition) is 1. The molecule has 2 fully saturated rings. The average Bonchev–Trinajstić information content (AvgIpc) is 3.25. The van der Waals surface area contributed by atoms with E-state index in [1.165, 1.54) is 4.88 Å². The number of aliphatic hydroxyl groups is 1. The molecule has 2 aliphatic rings. The van der Waals surface area contributed by atoms with Gasteiger partial charge in [0.15, 0.2) is 0 Å². The van der Waals surface area contributed by atoms with Crippen LogP contribution in [0, 0.1) is 11.8 Å². The summed E-state index contributed by atoms with van der Waals surface area (Å²) in [7, 11) is -3.27. The van der Waals surface area contributed by atoms with Crippen molar-refractivity contribution in [2.24, 2.45) is 0 Å². The first kappa shape index (κ1) is 19.8. The van der Waals surface area contributed by atoms with E-state index in [-0.39, 0.29) is 0 Å². The van der Waals surface area contributed by atoms with Crippen LogP contribution in [-0.2, 0) is 16.8 Å². The molecular formula is C18H27N3O3S2. The fourth-order valence-electron chi connectivity index (χ4n) is 3.17. The summed E-state index contributed by atoms with van der Waals surface area (Å²) in [6.45, 7) is 8.07. The molecule has 0 amide bonds. The molecule has 8 heteroatoms. The second-order valence-electron chi connectivity index (χ2n) is 7.36. The minimum absolute atomic E-state index is 0.551. The smallest absolute Gasteiger partial charge is 0.282 e. The molecule has 1 aromatic heterocycles. The van der Waals surface area contributed by atoms with Crippen LogP contribution in [0.1, 0.15) is 36.4 Å². The van der Waals surface area contributed by atoms with Gasteiger partial charge in [0, 0.05) is 50.7 Å². The maximum Gasteiger partial charge on any atom is 0.282 e. The molecule has 3 heterocycles. The van der Waals surface area contributed by atoms with Crippen LogP contribution in [0.2, 0.25) is 0 Å².